The molecular formula is C13H10ClFN2O2. The standard InChI is InChI=1S/C13H10ClFN2O2/c1-8-11(14)7-17(16-8)12-4-3-10(15)6-9(12)2-5-13(18)19/h2-7H,1H3,(H,18,19). The van der Waals surface area contributed by atoms with Crippen LogP contribution in [0.4, 0.5) is 4.39 Å². The molecule has 0 radical (unpaired) electrons. The van der Waals surface area contributed by atoms with Crippen LogP contribution in [0.3, 0.4) is 0 Å². The summed E-state index contributed by atoms with van der Waals surface area (Å²) in [6.07, 6.45) is 3.84. The molecule has 0 saturated carbocycles. The van der Waals surface area contributed by atoms with Crippen LogP contribution in [0.15, 0.2) is 30.5 Å². The summed E-state index contributed by atoms with van der Waals surface area (Å²) in [4.78, 5) is 10.5. The zero-order valence-electron chi connectivity index (χ0n) is 9.97. The number of benzene rings is 1. The van der Waals surface area contributed by atoms with Crippen molar-refractivity contribution < 1.29 is 14.3 Å². The number of carbonyl (C=O) groups is 1. The van der Waals surface area contributed by atoms with E-state index in [4.69, 9.17) is 16.7 Å². The first-order valence-corrected chi connectivity index (χ1v) is 5.78. The van der Waals surface area contributed by atoms with E-state index in [0.717, 1.165) is 6.08 Å². The van der Waals surface area contributed by atoms with Gasteiger partial charge in [0.05, 0.1) is 16.4 Å². The van der Waals surface area contributed by atoms with E-state index < -0.39 is 11.8 Å². The molecule has 0 fully saturated rings. The largest absolute Gasteiger partial charge is 0.478 e. The van der Waals surface area contributed by atoms with Gasteiger partial charge >= 0.3 is 5.97 Å². The number of carboxylic acids is 1. The zero-order chi connectivity index (χ0) is 14.0. The van der Waals surface area contributed by atoms with E-state index in [0.29, 0.717) is 22.0 Å². The van der Waals surface area contributed by atoms with E-state index in [-0.39, 0.29) is 0 Å². The van der Waals surface area contributed by atoms with Crippen LogP contribution < -0.4 is 0 Å². The maximum Gasteiger partial charge on any atom is 0.328 e. The van der Waals surface area contributed by atoms with Gasteiger partial charge in [-0.05, 0) is 31.2 Å². The summed E-state index contributed by atoms with van der Waals surface area (Å²) in [5.41, 5.74) is 1.59. The number of halogens is 2. The van der Waals surface area contributed by atoms with Crippen LogP contribution in [0.1, 0.15) is 11.3 Å². The third kappa shape index (κ3) is 3.00. The van der Waals surface area contributed by atoms with Crippen molar-refractivity contribution in [1.29, 1.82) is 0 Å². The Kier molecular flexibility index (Phi) is 3.66. The first-order valence-electron chi connectivity index (χ1n) is 5.40. The molecule has 0 atom stereocenters. The van der Waals surface area contributed by atoms with E-state index >= 15 is 0 Å². The van der Waals surface area contributed by atoms with E-state index in [2.05, 4.69) is 5.10 Å². The summed E-state index contributed by atoms with van der Waals surface area (Å²) < 4.78 is 14.7. The van der Waals surface area contributed by atoms with Gasteiger partial charge < -0.3 is 5.11 Å². The van der Waals surface area contributed by atoms with Gasteiger partial charge in [0.15, 0.2) is 0 Å². The summed E-state index contributed by atoms with van der Waals surface area (Å²) in [6.45, 7) is 1.75. The van der Waals surface area contributed by atoms with Crippen LogP contribution >= 0.6 is 11.6 Å². The Labute approximate surface area is 113 Å². The van der Waals surface area contributed by atoms with Gasteiger partial charge in [-0.1, -0.05) is 11.6 Å². The summed E-state index contributed by atoms with van der Waals surface area (Å²) >= 11 is 5.92. The highest BCUT2D eigenvalue weighted by molar-refractivity contribution is 6.31. The van der Waals surface area contributed by atoms with Crippen LogP contribution in [-0.2, 0) is 4.79 Å². The lowest BCUT2D eigenvalue weighted by molar-refractivity contribution is -0.131. The van der Waals surface area contributed by atoms with Gasteiger partial charge in [0, 0.05) is 17.8 Å². The fourth-order valence-corrected chi connectivity index (χ4v) is 1.72. The number of aliphatic carboxylic acids is 1. The van der Waals surface area contributed by atoms with Crippen molar-refractivity contribution in [2.24, 2.45) is 0 Å². The molecule has 0 aliphatic rings. The second-order valence-electron chi connectivity index (χ2n) is 3.88. The van der Waals surface area contributed by atoms with Crippen molar-refractivity contribution in [3.05, 3.63) is 52.6 Å². The summed E-state index contributed by atoms with van der Waals surface area (Å²) in [5, 5.41) is 13.3. The van der Waals surface area contributed by atoms with Gasteiger partial charge in [-0.3, -0.25) is 0 Å². The molecule has 0 aliphatic heterocycles. The van der Waals surface area contributed by atoms with Crippen molar-refractivity contribution in [3.63, 3.8) is 0 Å². The maximum absolute atomic E-state index is 13.2. The van der Waals surface area contributed by atoms with Gasteiger partial charge in [0.2, 0.25) is 0 Å². The highest BCUT2D eigenvalue weighted by atomic mass is 35.5. The van der Waals surface area contributed by atoms with Gasteiger partial charge in [0.25, 0.3) is 0 Å². The summed E-state index contributed by atoms with van der Waals surface area (Å²) in [5.74, 6) is -1.56. The normalized spacial score (nSPS) is 11.1. The molecule has 4 nitrogen and oxygen atoms in total. The molecule has 0 saturated heterocycles. The second-order valence-corrected chi connectivity index (χ2v) is 4.29. The molecule has 6 heteroatoms. The van der Waals surface area contributed by atoms with Crippen molar-refractivity contribution in [3.8, 4) is 5.69 Å². The van der Waals surface area contributed by atoms with Gasteiger partial charge in [-0.15, -0.1) is 0 Å². The topological polar surface area (TPSA) is 55.1 Å². The van der Waals surface area contributed by atoms with Gasteiger partial charge in [0.1, 0.15) is 5.82 Å². The lowest BCUT2D eigenvalue weighted by Gasteiger charge is -2.06. The number of hydrogen-bond donors (Lipinski definition) is 1. The smallest absolute Gasteiger partial charge is 0.328 e. The number of carboxylic acid groups (broad SMARTS) is 1. The lowest BCUT2D eigenvalue weighted by atomic mass is 10.1. The van der Waals surface area contributed by atoms with Crippen molar-refractivity contribution in [1.82, 2.24) is 9.78 Å². The van der Waals surface area contributed by atoms with Crippen molar-refractivity contribution in [2.75, 3.05) is 0 Å². The molecular weight excluding hydrogens is 271 g/mol. The average molecular weight is 281 g/mol. The predicted octanol–water partition coefficient (Wildman–Crippen LogP) is 3.07. The minimum Gasteiger partial charge on any atom is -0.478 e. The summed E-state index contributed by atoms with van der Waals surface area (Å²) in [6, 6.07) is 4.03. The Morgan fingerprint density at radius 3 is 2.84 bits per heavy atom. The van der Waals surface area contributed by atoms with Crippen LogP contribution in [0, 0.1) is 12.7 Å². The third-order valence-corrected chi connectivity index (χ3v) is 2.85. The molecule has 19 heavy (non-hydrogen) atoms. The van der Waals surface area contributed by atoms with Gasteiger partial charge in [-0.25, -0.2) is 13.9 Å². The van der Waals surface area contributed by atoms with E-state index in [1.165, 1.54) is 29.0 Å². The van der Waals surface area contributed by atoms with E-state index in [9.17, 15) is 9.18 Å². The molecule has 1 aromatic heterocycles. The Hall–Kier alpha value is -2.14. The van der Waals surface area contributed by atoms with E-state index in [1.54, 1.807) is 13.1 Å². The fraction of sp³-hybridized carbons (Fsp3) is 0.0769. The molecule has 1 heterocycles. The molecule has 2 rings (SSSR count). The lowest BCUT2D eigenvalue weighted by Crippen LogP contribution is -1.99. The van der Waals surface area contributed by atoms with Gasteiger partial charge in [-0.2, -0.15) is 5.10 Å². The predicted molar refractivity (Wildman–Crippen MR) is 69.9 cm³/mol. The summed E-state index contributed by atoms with van der Waals surface area (Å²) in [7, 11) is 0. The van der Waals surface area contributed by atoms with Crippen molar-refractivity contribution >= 4 is 23.6 Å². The third-order valence-electron chi connectivity index (χ3n) is 2.48. The Morgan fingerprint density at radius 2 is 2.26 bits per heavy atom. The zero-order valence-corrected chi connectivity index (χ0v) is 10.7. The Bertz CT molecular complexity index is 645. The quantitative estimate of drug-likeness (QED) is 0.879. The number of aromatic nitrogens is 2. The molecule has 1 aromatic carbocycles. The highest BCUT2D eigenvalue weighted by Gasteiger charge is 2.08. The molecule has 2 aromatic rings. The molecule has 0 bridgehead atoms. The SMILES string of the molecule is Cc1nn(-c2ccc(F)cc2C=CC(=O)O)cc1Cl. The van der Waals surface area contributed by atoms with E-state index in [1.807, 2.05) is 0 Å². The molecule has 0 aliphatic carbocycles. The Balaban J connectivity index is 2.53. The van der Waals surface area contributed by atoms with Crippen LogP contribution in [0.5, 0.6) is 0 Å². The average Bonchev–Trinajstić information content (AvgIpc) is 2.67. The number of aryl methyl sites for hydroxylation is 1. The maximum atomic E-state index is 13.2. The molecule has 98 valence electrons. The minimum atomic E-state index is -1.11. The monoisotopic (exact) mass is 280 g/mol. The Morgan fingerprint density at radius 1 is 1.53 bits per heavy atom. The number of rotatable bonds is 3. The van der Waals surface area contributed by atoms with Crippen LogP contribution in [0.2, 0.25) is 5.02 Å². The molecule has 0 unspecified atom stereocenters. The van der Waals surface area contributed by atoms with Crippen LogP contribution in [-0.4, -0.2) is 20.9 Å². The number of nitrogens with zero attached hydrogens (tertiary/aromatic N) is 2. The highest BCUT2D eigenvalue weighted by Crippen LogP contribution is 2.21. The molecule has 1 N–H and O–H groups in total. The number of hydrogen-bond acceptors (Lipinski definition) is 2. The first kappa shape index (κ1) is 13.3. The van der Waals surface area contributed by atoms with Crippen LogP contribution in [0.25, 0.3) is 11.8 Å². The molecule has 0 amide bonds. The van der Waals surface area contributed by atoms with Crippen molar-refractivity contribution in [2.45, 2.75) is 6.92 Å². The first-order chi connectivity index (χ1) is 8.97. The molecule has 0 spiro atoms. The minimum absolute atomic E-state index is 0.404. The fourth-order valence-electron chi connectivity index (χ4n) is 1.59. The second kappa shape index (κ2) is 5.24.